The molecule has 0 heterocycles. The van der Waals surface area contributed by atoms with Gasteiger partial charge < -0.3 is 26.3 Å². The Morgan fingerprint density at radius 2 is 1.73 bits per heavy atom. The van der Waals surface area contributed by atoms with Gasteiger partial charge >= 0.3 is 12.1 Å². The van der Waals surface area contributed by atoms with Crippen molar-refractivity contribution in [2.75, 3.05) is 25.4 Å². The van der Waals surface area contributed by atoms with Gasteiger partial charge in [-0.05, 0) is 48.6 Å². The van der Waals surface area contributed by atoms with Gasteiger partial charge in [0.25, 0.3) is 5.91 Å². The van der Waals surface area contributed by atoms with Crippen molar-refractivity contribution in [3.8, 4) is 0 Å². The van der Waals surface area contributed by atoms with Crippen molar-refractivity contribution in [1.82, 2.24) is 10.6 Å². The number of alkyl halides is 3. The Morgan fingerprint density at radius 3 is 2.38 bits per heavy atom. The number of carboxylic acid groups (broad SMARTS) is 1. The molecular weight excluding hydrogens is 489 g/mol. The molecule has 1 aliphatic carbocycles. The van der Waals surface area contributed by atoms with Crippen LogP contribution in [0.2, 0.25) is 0 Å². The SMILES string of the molecule is Nc1ccc(/C(=N/OCC(=O)NCC2CCCCC2)c2ccc(C(F)(F)F)cc2)cc1CNCC(=O)O. The Morgan fingerprint density at radius 1 is 1.05 bits per heavy atom. The zero-order valence-corrected chi connectivity index (χ0v) is 20.3. The first-order valence-electron chi connectivity index (χ1n) is 12.1. The molecule has 1 amide bonds. The molecule has 0 atom stereocenters. The zero-order valence-electron chi connectivity index (χ0n) is 20.3. The summed E-state index contributed by atoms with van der Waals surface area (Å²) in [5.74, 6) is -0.916. The minimum absolute atomic E-state index is 0.149. The molecule has 0 aliphatic heterocycles. The van der Waals surface area contributed by atoms with Crippen molar-refractivity contribution in [3.63, 3.8) is 0 Å². The number of hydrogen-bond donors (Lipinski definition) is 4. The smallest absolute Gasteiger partial charge is 0.416 e. The largest absolute Gasteiger partial charge is 0.480 e. The summed E-state index contributed by atoms with van der Waals surface area (Å²) in [6, 6.07) is 9.28. The number of amides is 1. The van der Waals surface area contributed by atoms with E-state index in [-0.39, 0.29) is 31.3 Å². The molecule has 0 saturated heterocycles. The van der Waals surface area contributed by atoms with Crippen LogP contribution in [0.3, 0.4) is 0 Å². The number of carbonyl (C=O) groups excluding carboxylic acids is 1. The number of rotatable bonds is 11. The van der Waals surface area contributed by atoms with E-state index in [1.54, 1.807) is 18.2 Å². The Balaban J connectivity index is 1.77. The number of nitrogens with zero attached hydrogens (tertiary/aromatic N) is 1. The lowest BCUT2D eigenvalue weighted by molar-refractivity contribution is -0.138. The van der Waals surface area contributed by atoms with Crippen LogP contribution >= 0.6 is 0 Å². The fourth-order valence-corrected chi connectivity index (χ4v) is 4.16. The highest BCUT2D eigenvalue weighted by molar-refractivity contribution is 6.13. The molecule has 37 heavy (non-hydrogen) atoms. The van der Waals surface area contributed by atoms with Crippen molar-refractivity contribution in [1.29, 1.82) is 0 Å². The predicted octanol–water partition coefficient (Wildman–Crippen LogP) is 3.93. The molecule has 11 heteroatoms. The van der Waals surface area contributed by atoms with E-state index >= 15 is 0 Å². The van der Waals surface area contributed by atoms with E-state index in [0.717, 1.165) is 37.8 Å². The number of nitrogens with one attached hydrogen (secondary N) is 2. The number of anilines is 1. The fourth-order valence-electron chi connectivity index (χ4n) is 4.16. The number of hydrogen-bond acceptors (Lipinski definition) is 6. The summed E-state index contributed by atoms with van der Waals surface area (Å²) in [6.45, 7) is 0.0977. The van der Waals surface area contributed by atoms with E-state index < -0.39 is 17.7 Å². The molecule has 0 unspecified atom stereocenters. The molecule has 2 aromatic rings. The second-order valence-electron chi connectivity index (χ2n) is 9.01. The van der Waals surface area contributed by atoms with Crippen LogP contribution in [-0.4, -0.2) is 42.4 Å². The Hall–Kier alpha value is -3.60. The van der Waals surface area contributed by atoms with E-state index in [1.807, 2.05) is 0 Å². The third kappa shape index (κ3) is 8.78. The summed E-state index contributed by atoms with van der Waals surface area (Å²) in [5, 5.41) is 18.5. The number of nitrogens with two attached hydrogens (primary N) is 1. The number of oxime groups is 1. The maximum Gasteiger partial charge on any atom is 0.416 e. The summed E-state index contributed by atoms with van der Waals surface area (Å²) >= 11 is 0. The fraction of sp³-hybridized carbons (Fsp3) is 0.423. The van der Waals surface area contributed by atoms with E-state index in [0.29, 0.717) is 34.8 Å². The third-order valence-electron chi connectivity index (χ3n) is 6.16. The number of nitrogen functional groups attached to an aromatic ring is 1. The molecular formula is C26H31F3N4O4. The monoisotopic (exact) mass is 520 g/mol. The lowest BCUT2D eigenvalue weighted by Crippen LogP contribution is -2.32. The maximum absolute atomic E-state index is 13.1. The maximum atomic E-state index is 13.1. The van der Waals surface area contributed by atoms with Crippen molar-refractivity contribution >= 4 is 23.3 Å². The molecule has 0 bridgehead atoms. The average molecular weight is 521 g/mol. The van der Waals surface area contributed by atoms with Gasteiger partial charge in [-0.25, -0.2) is 0 Å². The van der Waals surface area contributed by atoms with Crippen molar-refractivity contribution in [2.45, 2.75) is 44.8 Å². The second kappa shape index (κ2) is 13.1. The number of carbonyl (C=O) groups is 2. The van der Waals surface area contributed by atoms with Gasteiger partial charge in [0, 0.05) is 29.9 Å². The molecule has 8 nitrogen and oxygen atoms in total. The average Bonchev–Trinajstić information content (AvgIpc) is 2.87. The quantitative estimate of drug-likeness (QED) is 0.202. The number of benzene rings is 2. The Labute approximate surface area is 213 Å². The Bertz CT molecular complexity index is 1100. The van der Waals surface area contributed by atoms with Crippen LogP contribution in [0.15, 0.2) is 47.6 Å². The molecule has 1 aliphatic rings. The second-order valence-corrected chi connectivity index (χ2v) is 9.01. The standard InChI is InChI=1S/C26H31F3N4O4/c27-26(28,29)21-9-6-18(7-10-21)25(19-8-11-22(30)20(12-19)14-31-15-24(35)36)33-37-16-23(34)32-13-17-4-2-1-3-5-17/h6-12,17,31H,1-5,13-16,30H2,(H,32,34)(H,35,36)/b33-25+. The van der Waals surface area contributed by atoms with Gasteiger partial charge in [-0.15, -0.1) is 0 Å². The van der Waals surface area contributed by atoms with Gasteiger partial charge in [0.1, 0.15) is 5.71 Å². The van der Waals surface area contributed by atoms with Crippen LogP contribution in [0, 0.1) is 5.92 Å². The highest BCUT2D eigenvalue weighted by Gasteiger charge is 2.30. The van der Waals surface area contributed by atoms with Crippen LogP contribution in [0.4, 0.5) is 18.9 Å². The Kier molecular flexibility index (Phi) is 9.90. The van der Waals surface area contributed by atoms with E-state index in [9.17, 15) is 22.8 Å². The van der Waals surface area contributed by atoms with Gasteiger partial charge in [0.15, 0.2) is 6.61 Å². The number of halogens is 3. The van der Waals surface area contributed by atoms with E-state index in [2.05, 4.69) is 15.8 Å². The minimum atomic E-state index is -4.49. The summed E-state index contributed by atoms with van der Waals surface area (Å²) in [4.78, 5) is 28.4. The molecule has 0 aromatic heterocycles. The zero-order chi connectivity index (χ0) is 26.8. The normalized spacial score (nSPS) is 14.8. The van der Waals surface area contributed by atoms with Crippen LogP contribution in [0.1, 0.15) is 54.4 Å². The van der Waals surface area contributed by atoms with Crippen molar-refractivity contribution in [2.24, 2.45) is 11.1 Å². The molecule has 2 aromatic carbocycles. The molecule has 5 N–H and O–H groups in total. The van der Waals surface area contributed by atoms with Crippen LogP contribution in [-0.2, 0) is 27.1 Å². The lowest BCUT2D eigenvalue weighted by atomic mass is 9.89. The summed E-state index contributed by atoms with van der Waals surface area (Å²) in [6.07, 6.45) is 1.21. The van der Waals surface area contributed by atoms with Crippen LogP contribution in [0.25, 0.3) is 0 Å². The third-order valence-corrected chi connectivity index (χ3v) is 6.16. The summed E-state index contributed by atoms with van der Waals surface area (Å²) in [5.41, 5.74) is 7.19. The first-order chi connectivity index (χ1) is 17.6. The number of carboxylic acids is 1. The molecule has 200 valence electrons. The summed E-state index contributed by atoms with van der Waals surface area (Å²) < 4.78 is 39.2. The van der Waals surface area contributed by atoms with Crippen LogP contribution < -0.4 is 16.4 Å². The minimum Gasteiger partial charge on any atom is -0.480 e. The predicted molar refractivity (Wildman–Crippen MR) is 133 cm³/mol. The van der Waals surface area contributed by atoms with Gasteiger partial charge in [-0.1, -0.05) is 42.6 Å². The summed E-state index contributed by atoms with van der Waals surface area (Å²) in [7, 11) is 0. The van der Waals surface area contributed by atoms with E-state index in [1.165, 1.54) is 18.6 Å². The highest BCUT2D eigenvalue weighted by Crippen LogP contribution is 2.30. The molecule has 3 rings (SSSR count). The lowest BCUT2D eigenvalue weighted by Gasteiger charge is -2.21. The van der Waals surface area contributed by atoms with Crippen molar-refractivity contribution in [3.05, 3.63) is 64.7 Å². The van der Waals surface area contributed by atoms with Gasteiger partial charge in [0.2, 0.25) is 0 Å². The van der Waals surface area contributed by atoms with Crippen LogP contribution in [0.5, 0.6) is 0 Å². The topological polar surface area (TPSA) is 126 Å². The van der Waals surface area contributed by atoms with Gasteiger partial charge in [0.05, 0.1) is 12.1 Å². The molecule has 1 fully saturated rings. The van der Waals surface area contributed by atoms with Gasteiger partial charge in [-0.2, -0.15) is 13.2 Å². The molecule has 0 spiro atoms. The first kappa shape index (κ1) is 28.0. The van der Waals surface area contributed by atoms with Crippen molar-refractivity contribution < 1.29 is 32.7 Å². The number of aliphatic carboxylic acids is 1. The van der Waals surface area contributed by atoms with E-state index in [4.69, 9.17) is 15.7 Å². The highest BCUT2D eigenvalue weighted by atomic mass is 19.4. The molecule has 0 radical (unpaired) electrons. The van der Waals surface area contributed by atoms with Gasteiger partial charge in [-0.3, -0.25) is 9.59 Å². The first-order valence-corrected chi connectivity index (χ1v) is 12.1. The molecule has 1 saturated carbocycles.